The predicted octanol–water partition coefficient (Wildman–Crippen LogP) is 4.97. The number of anilines is 1. The van der Waals surface area contributed by atoms with Crippen molar-refractivity contribution in [2.75, 3.05) is 5.32 Å². The molecule has 0 aliphatic rings. The van der Waals surface area contributed by atoms with Gasteiger partial charge in [0.1, 0.15) is 22.9 Å². The van der Waals surface area contributed by atoms with E-state index in [0.29, 0.717) is 0 Å². The van der Waals surface area contributed by atoms with Crippen molar-refractivity contribution in [2.24, 2.45) is 0 Å². The number of amides is 1. The van der Waals surface area contributed by atoms with Crippen LogP contribution in [-0.2, 0) is 0 Å². The molecule has 1 N–H and O–H groups in total. The fourth-order valence-electron chi connectivity index (χ4n) is 2.27. The van der Waals surface area contributed by atoms with Crippen molar-refractivity contribution in [3.05, 3.63) is 75.7 Å². The lowest BCUT2D eigenvalue weighted by Crippen LogP contribution is -2.30. The molecule has 3 rings (SSSR count). The number of ether oxygens (including phenoxy) is 2. The maximum Gasteiger partial charge on any atom is 0.573 e. The van der Waals surface area contributed by atoms with Gasteiger partial charge in [0.2, 0.25) is 6.20 Å². The van der Waals surface area contributed by atoms with E-state index in [2.05, 4.69) is 15.2 Å². The molecule has 0 unspecified atom stereocenters. The highest BCUT2D eigenvalue weighted by Gasteiger charge is 2.31. The Morgan fingerprint density at radius 3 is 2.33 bits per heavy atom. The molecule has 2 aromatic carbocycles. The third-order valence-electron chi connectivity index (χ3n) is 3.49. The molecular weight excluding hydrogens is 450 g/mol. The van der Waals surface area contributed by atoms with Gasteiger partial charge in [-0.15, -0.1) is 13.2 Å². The minimum Gasteiger partial charge on any atom is -0.594 e. The van der Waals surface area contributed by atoms with Crippen molar-refractivity contribution in [3.8, 4) is 17.2 Å². The summed E-state index contributed by atoms with van der Waals surface area (Å²) < 4.78 is 46.2. The third-order valence-corrected chi connectivity index (χ3v) is 4.22. The fourth-order valence-corrected chi connectivity index (χ4v) is 2.59. The number of nitrogens with one attached hydrogen (secondary N) is 1. The number of hydrogen-bond donors (Lipinski definition) is 1. The average Bonchev–Trinajstić information content (AvgIpc) is 2.65. The van der Waals surface area contributed by atoms with Crippen molar-refractivity contribution in [1.82, 2.24) is 5.10 Å². The molecule has 156 valence electrons. The Morgan fingerprint density at radius 1 is 1.07 bits per heavy atom. The number of benzene rings is 2. The van der Waals surface area contributed by atoms with Crippen LogP contribution in [0.25, 0.3) is 0 Å². The van der Waals surface area contributed by atoms with Gasteiger partial charge in [0, 0.05) is 11.2 Å². The van der Waals surface area contributed by atoms with Crippen LogP contribution >= 0.6 is 23.2 Å². The third kappa shape index (κ3) is 5.65. The molecule has 0 saturated heterocycles. The summed E-state index contributed by atoms with van der Waals surface area (Å²) in [4.78, 5) is 12.9. The minimum absolute atomic E-state index is 0.0181. The molecule has 7 nitrogen and oxygen atoms in total. The number of carbonyl (C=O) groups is 1. The molecule has 12 heteroatoms. The number of alkyl halides is 3. The first-order valence-corrected chi connectivity index (χ1v) is 8.76. The molecule has 30 heavy (non-hydrogen) atoms. The van der Waals surface area contributed by atoms with Gasteiger partial charge in [-0.1, -0.05) is 28.0 Å². The summed E-state index contributed by atoms with van der Waals surface area (Å²) in [6.07, 6.45) is -2.60. The molecular formula is C18H10Cl2F3N3O4. The lowest BCUT2D eigenvalue weighted by molar-refractivity contribution is -0.668. The van der Waals surface area contributed by atoms with Crippen molar-refractivity contribution in [1.29, 1.82) is 0 Å². The molecule has 1 aromatic heterocycles. The second-order valence-corrected chi connectivity index (χ2v) is 6.47. The summed E-state index contributed by atoms with van der Waals surface area (Å²) in [5, 5.41) is 17.3. The van der Waals surface area contributed by atoms with Gasteiger partial charge in [0.05, 0.1) is 21.8 Å². The minimum atomic E-state index is -4.83. The smallest absolute Gasteiger partial charge is 0.573 e. The Morgan fingerprint density at radius 2 is 1.70 bits per heavy atom. The SMILES string of the molecule is O=C(Nc1ccn[n+]([O-])c1)c1cc(Cl)c(Cl)cc1Oc1ccc(OC(F)(F)F)cc1. The number of halogens is 5. The average molecular weight is 460 g/mol. The number of rotatable bonds is 5. The first kappa shape index (κ1) is 21.5. The van der Waals surface area contributed by atoms with Crippen LogP contribution in [0, 0.1) is 5.21 Å². The largest absolute Gasteiger partial charge is 0.594 e. The van der Waals surface area contributed by atoms with Crippen LogP contribution < -0.4 is 19.6 Å². The topological polar surface area (TPSA) is 87.4 Å². The van der Waals surface area contributed by atoms with Gasteiger partial charge in [-0.25, -0.2) is 0 Å². The molecule has 1 amide bonds. The highest BCUT2D eigenvalue weighted by Crippen LogP contribution is 2.35. The maximum absolute atomic E-state index is 12.6. The molecule has 0 aliphatic heterocycles. The first-order valence-electron chi connectivity index (χ1n) is 8.00. The molecule has 0 radical (unpaired) electrons. The van der Waals surface area contributed by atoms with Crippen LogP contribution in [0.2, 0.25) is 10.0 Å². The summed E-state index contributed by atoms with van der Waals surface area (Å²) in [6, 6.07) is 8.45. The van der Waals surface area contributed by atoms with Gasteiger partial charge in [-0.3, -0.25) is 4.79 Å². The Hall–Kier alpha value is -3.24. The quantitative estimate of drug-likeness (QED) is 0.430. The monoisotopic (exact) mass is 459 g/mol. The van der Waals surface area contributed by atoms with E-state index in [1.54, 1.807) is 0 Å². The van der Waals surface area contributed by atoms with Crippen LogP contribution in [-0.4, -0.2) is 17.4 Å². The van der Waals surface area contributed by atoms with Gasteiger partial charge in [-0.05, 0) is 36.4 Å². The maximum atomic E-state index is 12.6. The molecule has 0 aliphatic carbocycles. The van der Waals surface area contributed by atoms with Crippen molar-refractivity contribution in [3.63, 3.8) is 0 Å². The molecule has 0 saturated carbocycles. The Labute approximate surface area is 177 Å². The van der Waals surface area contributed by atoms with Gasteiger partial charge >= 0.3 is 6.36 Å². The molecule has 0 bridgehead atoms. The predicted molar refractivity (Wildman–Crippen MR) is 101 cm³/mol. The van der Waals surface area contributed by atoms with Crippen molar-refractivity contribution >= 4 is 34.8 Å². The molecule has 3 aromatic rings. The zero-order valence-corrected chi connectivity index (χ0v) is 16.1. The Kier molecular flexibility index (Phi) is 6.18. The zero-order chi connectivity index (χ0) is 21.9. The lowest BCUT2D eigenvalue weighted by atomic mass is 10.1. The van der Waals surface area contributed by atoms with E-state index >= 15 is 0 Å². The molecule has 0 fully saturated rings. The normalized spacial score (nSPS) is 11.1. The highest BCUT2D eigenvalue weighted by molar-refractivity contribution is 6.42. The van der Waals surface area contributed by atoms with E-state index in [9.17, 15) is 23.2 Å². The summed E-state index contributed by atoms with van der Waals surface area (Å²) in [5.74, 6) is -1.02. The van der Waals surface area contributed by atoms with E-state index < -0.39 is 18.0 Å². The van der Waals surface area contributed by atoms with Crippen LogP contribution in [0.15, 0.2) is 54.9 Å². The highest BCUT2D eigenvalue weighted by atomic mass is 35.5. The molecule has 0 spiro atoms. The number of hydrogen-bond acceptors (Lipinski definition) is 5. The van der Waals surface area contributed by atoms with Crippen LogP contribution in [0.5, 0.6) is 17.2 Å². The number of nitrogens with zero attached hydrogens (tertiary/aromatic N) is 2. The number of aromatic nitrogens is 2. The second-order valence-electron chi connectivity index (χ2n) is 5.66. The van der Waals surface area contributed by atoms with Gasteiger partial charge in [-0.2, -0.15) is 0 Å². The summed E-state index contributed by atoms with van der Waals surface area (Å²) in [6.45, 7) is 0. The van der Waals surface area contributed by atoms with E-state index in [4.69, 9.17) is 27.9 Å². The van der Waals surface area contributed by atoms with E-state index in [1.165, 1.54) is 36.5 Å². The van der Waals surface area contributed by atoms with E-state index in [0.717, 1.165) is 18.3 Å². The summed E-state index contributed by atoms with van der Waals surface area (Å²) >= 11 is 12.0. The van der Waals surface area contributed by atoms with E-state index in [-0.39, 0.29) is 37.6 Å². The first-order chi connectivity index (χ1) is 14.1. The lowest BCUT2D eigenvalue weighted by Gasteiger charge is -2.13. The van der Waals surface area contributed by atoms with Crippen LogP contribution in [0.4, 0.5) is 18.9 Å². The summed E-state index contributed by atoms with van der Waals surface area (Å²) in [7, 11) is 0. The number of carbonyl (C=O) groups excluding carboxylic acids is 1. The zero-order valence-electron chi connectivity index (χ0n) is 14.6. The molecule has 1 heterocycles. The Balaban J connectivity index is 1.85. The molecule has 0 atom stereocenters. The van der Waals surface area contributed by atoms with E-state index in [1.807, 2.05) is 0 Å². The van der Waals surface area contributed by atoms with Crippen molar-refractivity contribution < 1.29 is 32.3 Å². The standard InChI is InChI=1S/C18H10Cl2F3N3O4/c19-14-7-13(17(27)25-10-5-6-24-26(28)9-10)16(8-15(14)20)29-11-1-3-12(4-2-11)30-18(21,22)23/h1-9H,(H,25,27). The summed E-state index contributed by atoms with van der Waals surface area (Å²) in [5.41, 5.74) is 0.130. The fraction of sp³-hybridized carbons (Fsp3) is 0.0556. The second kappa shape index (κ2) is 8.64. The van der Waals surface area contributed by atoms with Gasteiger partial charge in [0.25, 0.3) is 5.91 Å². The van der Waals surface area contributed by atoms with Gasteiger partial charge in [0.15, 0.2) is 0 Å². The van der Waals surface area contributed by atoms with Crippen LogP contribution in [0.1, 0.15) is 10.4 Å². The van der Waals surface area contributed by atoms with Gasteiger partial charge < -0.3 is 20.0 Å². The van der Waals surface area contributed by atoms with Crippen LogP contribution in [0.3, 0.4) is 0 Å². The Bertz CT molecular complexity index is 1080. The van der Waals surface area contributed by atoms with Crippen molar-refractivity contribution in [2.45, 2.75) is 6.36 Å².